The Labute approximate surface area is 152 Å². The van der Waals surface area contributed by atoms with Gasteiger partial charge in [-0.2, -0.15) is 0 Å². The molecule has 1 aromatic rings. The van der Waals surface area contributed by atoms with Crippen LogP contribution in [-0.4, -0.2) is 17.7 Å². The summed E-state index contributed by atoms with van der Waals surface area (Å²) in [7, 11) is 0. The topological polar surface area (TPSA) is 55.8 Å². The van der Waals surface area contributed by atoms with Crippen molar-refractivity contribution in [3.8, 4) is 5.75 Å². The minimum Gasteiger partial charge on any atom is -0.511 e. The van der Waals surface area contributed by atoms with E-state index in [4.69, 9.17) is 9.47 Å². The highest BCUT2D eigenvalue weighted by Crippen LogP contribution is 2.28. The molecule has 0 unspecified atom stereocenters. The van der Waals surface area contributed by atoms with Crippen LogP contribution in [-0.2, 0) is 16.0 Å². The third-order valence-corrected chi connectivity index (χ3v) is 4.10. The number of ether oxygens (including phenoxy) is 2. The van der Waals surface area contributed by atoms with E-state index >= 15 is 0 Å². The molecule has 0 saturated carbocycles. The lowest BCUT2D eigenvalue weighted by atomic mass is 10.1. The van der Waals surface area contributed by atoms with Gasteiger partial charge in [-0.15, -0.1) is 0 Å². The van der Waals surface area contributed by atoms with Crippen LogP contribution in [0.15, 0.2) is 40.3 Å². The van der Waals surface area contributed by atoms with E-state index in [2.05, 4.69) is 15.9 Å². The molecule has 1 aromatic carbocycles. The first kappa shape index (κ1) is 20.3. The van der Waals surface area contributed by atoms with Gasteiger partial charge in [0.05, 0.1) is 17.5 Å². The number of rotatable bonds is 8. The fourth-order valence-corrected chi connectivity index (χ4v) is 2.63. The Hall–Kier alpha value is -1.75. The van der Waals surface area contributed by atoms with Gasteiger partial charge in [0, 0.05) is 18.4 Å². The standard InChI is InChI=1S/C19H25BrO4/c1-5-15(12-16(20)17(21)6-2)24-19-13(4)9-8-10-14(19)11-18(22)23-7-3/h8-10,12,21H,5-7,11H2,1-4H3/b15-12?,17-16-. The fourth-order valence-electron chi connectivity index (χ4n) is 2.09. The Bertz CT molecular complexity index is 632. The van der Waals surface area contributed by atoms with E-state index in [0.29, 0.717) is 35.4 Å². The van der Waals surface area contributed by atoms with Gasteiger partial charge < -0.3 is 14.6 Å². The summed E-state index contributed by atoms with van der Waals surface area (Å²) in [5, 5.41) is 9.80. The van der Waals surface area contributed by atoms with Crippen LogP contribution in [0.4, 0.5) is 0 Å². The number of esters is 1. The first-order valence-corrected chi connectivity index (χ1v) is 8.92. The second kappa shape index (κ2) is 10.2. The molecule has 0 bridgehead atoms. The normalized spacial score (nSPS) is 12.6. The van der Waals surface area contributed by atoms with Crippen molar-refractivity contribution < 1.29 is 19.4 Å². The highest BCUT2D eigenvalue weighted by Gasteiger charge is 2.14. The number of aliphatic hydroxyl groups is 1. The van der Waals surface area contributed by atoms with Gasteiger partial charge in [0.2, 0.25) is 0 Å². The van der Waals surface area contributed by atoms with Gasteiger partial charge in [-0.05, 0) is 41.4 Å². The Kier molecular flexibility index (Phi) is 8.61. The van der Waals surface area contributed by atoms with Crippen molar-refractivity contribution in [2.75, 3.05) is 6.61 Å². The Balaban J connectivity index is 3.12. The summed E-state index contributed by atoms with van der Waals surface area (Å²) in [6, 6.07) is 5.69. The van der Waals surface area contributed by atoms with Crippen molar-refractivity contribution in [1.29, 1.82) is 0 Å². The highest BCUT2D eigenvalue weighted by atomic mass is 79.9. The van der Waals surface area contributed by atoms with Gasteiger partial charge in [-0.1, -0.05) is 32.0 Å². The van der Waals surface area contributed by atoms with E-state index in [-0.39, 0.29) is 18.1 Å². The van der Waals surface area contributed by atoms with E-state index in [1.165, 1.54) is 0 Å². The molecule has 0 atom stereocenters. The van der Waals surface area contributed by atoms with Crippen molar-refractivity contribution in [3.05, 3.63) is 51.4 Å². The van der Waals surface area contributed by atoms with Crippen molar-refractivity contribution in [2.45, 2.75) is 47.0 Å². The number of hydrogen-bond donors (Lipinski definition) is 1. The fraction of sp³-hybridized carbons (Fsp3) is 0.421. The van der Waals surface area contributed by atoms with Gasteiger partial charge in [0.25, 0.3) is 0 Å². The molecule has 0 amide bonds. The number of para-hydroxylation sites is 1. The molecule has 0 aliphatic rings. The molecule has 0 saturated heterocycles. The van der Waals surface area contributed by atoms with E-state index in [0.717, 1.165) is 11.1 Å². The van der Waals surface area contributed by atoms with E-state index < -0.39 is 0 Å². The summed E-state index contributed by atoms with van der Waals surface area (Å²) in [4.78, 5) is 11.8. The highest BCUT2D eigenvalue weighted by molar-refractivity contribution is 9.11. The molecular weight excluding hydrogens is 372 g/mol. The molecule has 4 nitrogen and oxygen atoms in total. The van der Waals surface area contributed by atoms with Crippen LogP contribution in [0.3, 0.4) is 0 Å². The average Bonchev–Trinajstić information content (AvgIpc) is 2.56. The monoisotopic (exact) mass is 396 g/mol. The van der Waals surface area contributed by atoms with E-state index in [1.54, 1.807) is 13.0 Å². The molecule has 0 aliphatic carbocycles. The molecule has 0 heterocycles. The Morgan fingerprint density at radius 3 is 2.54 bits per heavy atom. The first-order chi connectivity index (χ1) is 11.4. The molecule has 0 aromatic heterocycles. The van der Waals surface area contributed by atoms with Crippen molar-refractivity contribution in [1.82, 2.24) is 0 Å². The number of benzene rings is 1. The SMILES string of the molecule is CCOC(=O)Cc1cccc(C)c1OC(=C/C(Br)=C(/O)CC)CC. The first-order valence-electron chi connectivity index (χ1n) is 8.12. The number of aliphatic hydroxyl groups excluding tert-OH is 1. The summed E-state index contributed by atoms with van der Waals surface area (Å²) in [5.41, 5.74) is 1.73. The molecule has 1 rings (SSSR count). The lowest BCUT2D eigenvalue weighted by Gasteiger charge is -2.15. The number of aryl methyl sites for hydroxylation is 1. The predicted molar refractivity (Wildman–Crippen MR) is 99.4 cm³/mol. The van der Waals surface area contributed by atoms with Gasteiger partial charge in [-0.25, -0.2) is 0 Å². The Morgan fingerprint density at radius 2 is 1.96 bits per heavy atom. The summed E-state index contributed by atoms with van der Waals surface area (Å²) in [6.07, 6.45) is 3.12. The molecule has 5 heteroatoms. The second-order valence-corrected chi connectivity index (χ2v) is 6.11. The van der Waals surface area contributed by atoms with Crippen LogP contribution in [0.25, 0.3) is 0 Å². The summed E-state index contributed by atoms with van der Waals surface area (Å²) >= 11 is 3.36. The number of allylic oxidation sites excluding steroid dienone is 4. The molecule has 1 N–H and O–H groups in total. The van der Waals surface area contributed by atoms with Crippen LogP contribution >= 0.6 is 15.9 Å². The molecule has 0 fully saturated rings. The zero-order chi connectivity index (χ0) is 18.1. The van der Waals surface area contributed by atoms with Crippen molar-refractivity contribution in [3.63, 3.8) is 0 Å². The minimum atomic E-state index is -0.278. The molecule has 0 radical (unpaired) electrons. The zero-order valence-corrected chi connectivity index (χ0v) is 16.3. The average molecular weight is 397 g/mol. The lowest BCUT2D eigenvalue weighted by molar-refractivity contribution is -0.142. The second-order valence-electron chi connectivity index (χ2n) is 5.26. The van der Waals surface area contributed by atoms with Crippen LogP contribution in [0.2, 0.25) is 0 Å². The molecule has 0 spiro atoms. The third kappa shape index (κ3) is 6.04. The van der Waals surface area contributed by atoms with Gasteiger partial charge in [-0.3, -0.25) is 4.79 Å². The van der Waals surface area contributed by atoms with Gasteiger partial charge in [0.1, 0.15) is 17.3 Å². The van der Waals surface area contributed by atoms with Crippen LogP contribution in [0.1, 0.15) is 44.7 Å². The maximum absolute atomic E-state index is 11.8. The predicted octanol–water partition coefficient (Wildman–Crippen LogP) is 5.35. The van der Waals surface area contributed by atoms with Crippen molar-refractivity contribution >= 4 is 21.9 Å². The largest absolute Gasteiger partial charge is 0.511 e. The molecular formula is C19H25BrO4. The maximum Gasteiger partial charge on any atom is 0.310 e. The Morgan fingerprint density at radius 1 is 1.25 bits per heavy atom. The molecule has 132 valence electrons. The number of carbonyl (C=O) groups excluding carboxylic acids is 1. The van der Waals surface area contributed by atoms with Gasteiger partial charge in [0.15, 0.2) is 0 Å². The summed E-state index contributed by atoms with van der Waals surface area (Å²) < 4.78 is 11.7. The molecule has 0 aliphatic heterocycles. The molecule has 24 heavy (non-hydrogen) atoms. The van der Waals surface area contributed by atoms with Crippen LogP contribution < -0.4 is 4.74 Å². The summed E-state index contributed by atoms with van der Waals surface area (Å²) in [6.45, 7) is 7.92. The summed E-state index contributed by atoms with van der Waals surface area (Å²) in [5.74, 6) is 1.34. The van der Waals surface area contributed by atoms with Crippen molar-refractivity contribution in [2.24, 2.45) is 0 Å². The lowest BCUT2D eigenvalue weighted by Crippen LogP contribution is -2.09. The quantitative estimate of drug-likeness (QED) is 0.365. The van der Waals surface area contributed by atoms with Gasteiger partial charge >= 0.3 is 5.97 Å². The zero-order valence-electron chi connectivity index (χ0n) is 14.7. The number of halogens is 1. The van der Waals surface area contributed by atoms with E-state index in [1.807, 2.05) is 39.0 Å². The van der Waals surface area contributed by atoms with Crippen LogP contribution in [0.5, 0.6) is 5.75 Å². The third-order valence-electron chi connectivity index (χ3n) is 3.41. The minimum absolute atomic E-state index is 0.166. The maximum atomic E-state index is 11.8. The van der Waals surface area contributed by atoms with Crippen LogP contribution in [0, 0.1) is 6.92 Å². The smallest absolute Gasteiger partial charge is 0.310 e. The van der Waals surface area contributed by atoms with E-state index in [9.17, 15) is 9.90 Å². The number of hydrogen-bond acceptors (Lipinski definition) is 4. The number of carbonyl (C=O) groups is 1.